The van der Waals surface area contributed by atoms with Crippen LogP contribution in [0.25, 0.3) is 21.5 Å². The molecule has 2 nitrogen and oxygen atoms in total. The monoisotopic (exact) mass is 242 g/mol. The molecule has 0 saturated heterocycles. The van der Waals surface area contributed by atoms with Crippen molar-refractivity contribution in [3.05, 3.63) is 54.6 Å². The van der Waals surface area contributed by atoms with Gasteiger partial charge in [-0.05, 0) is 34.4 Å². The highest BCUT2D eigenvalue weighted by atomic mass is 32.2. The molecule has 0 heterocycles. The second-order valence-electron chi connectivity index (χ2n) is 3.95. The van der Waals surface area contributed by atoms with E-state index in [1.807, 2.05) is 42.5 Å². The zero-order valence-electron chi connectivity index (χ0n) is 8.96. The van der Waals surface area contributed by atoms with E-state index in [2.05, 4.69) is 0 Å². The lowest BCUT2D eigenvalue weighted by molar-refractivity contribution is 0.615. The lowest BCUT2D eigenvalue weighted by Crippen LogP contribution is -1.84. The third-order valence-corrected chi connectivity index (χ3v) is 3.70. The molecule has 0 N–H and O–H groups in total. The maximum atomic E-state index is 11.2. The summed E-state index contributed by atoms with van der Waals surface area (Å²) in [5, 5.41) is 3.94. The van der Waals surface area contributed by atoms with Crippen LogP contribution in [0, 0.1) is 0 Å². The molecule has 0 spiro atoms. The number of fused-ring (bicyclic) bond motifs is 2. The van der Waals surface area contributed by atoms with Crippen LogP contribution < -0.4 is 0 Å². The molecule has 0 radical (unpaired) electrons. The third kappa shape index (κ3) is 1.68. The Morgan fingerprint density at radius 3 is 2.06 bits per heavy atom. The van der Waals surface area contributed by atoms with E-state index in [4.69, 9.17) is 0 Å². The van der Waals surface area contributed by atoms with E-state index in [1.165, 1.54) is 0 Å². The first-order valence-corrected chi connectivity index (χ1v) is 6.49. The Balaban J connectivity index is 2.52. The molecule has 0 aliphatic heterocycles. The average Bonchev–Trinajstić information content (AvgIpc) is 2.35. The maximum absolute atomic E-state index is 11.2. The van der Waals surface area contributed by atoms with Crippen LogP contribution in [-0.4, -0.2) is 8.42 Å². The van der Waals surface area contributed by atoms with Crippen molar-refractivity contribution in [3.8, 4) is 0 Å². The van der Waals surface area contributed by atoms with Crippen LogP contribution in [0.3, 0.4) is 0 Å². The summed E-state index contributed by atoms with van der Waals surface area (Å²) < 4.78 is 22.4. The number of rotatable bonds is 1. The van der Waals surface area contributed by atoms with Gasteiger partial charge in [-0.1, -0.05) is 36.4 Å². The molecule has 0 aliphatic rings. The van der Waals surface area contributed by atoms with Gasteiger partial charge in [0.25, 0.3) is 0 Å². The smallest absolute Gasteiger partial charge is 0.168 e. The summed E-state index contributed by atoms with van der Waals surface area (Å²) >= 11 is 0. The topological polar surface area (TPSA) is 34.1 Å². The van der Waals surface area contributed by atoms with Crippen molar-refractivity contribution in [2.75, 3.05) is 0 Å². The van der Waals surface area contributed by atoms with Crippen molar-refractivity contribution < 1.29 is 8.42 Å². The highest BCUT2D eigenvalue weighted by Gasteiger charge is 2.04. The molecular formula is C14H10O2S. The summed E-state index contributed by atoms with van der Waals surface area (Å²) in [5.74, 6) is 0. The van der Waals surface area contributed by atoms with Gasteiger partial charge in [-0.2, -0.15) is 0 Å². The molecule has 3 rings (SSSR count). The van der Waals surface area contributed by atoms with E-state index in [1.54, 1.807) is 12.1 Å². The van der Waals surface area contributed by atoms with Gasteiger partial charge in [-0.25, -0.2) is 8.42 Å². The Kier molecular flexibility index (Phi) is 2.34. The molecule has 0 aromatic heterocycles. The van der Waals surface area contributed by atoms with Crippen LogP contribution in [0.15, 0.2) is 59.5 Å². The predicted molar refractivity (Wildman–Crippen MR) is 70.0 cm³/mol. The van der Waals surface area contributed by atoms with Gasteiger partial charge in [0.2, 0.25) is 0 Å². The maximum Gasteiger partial charge on any atom is 0.168 e. The Morgan fingerprint density at radius 1 is 0.706 bits per heavy atom. The third-order valence-electron chi connectivity index (χ3n) is 2.92. The van der Waals surface area contributed by atoms with Gasteiger partial charge in [0.05, 0.1) is 4.90 Å². The van der Waals surface area contributed by atoms with Crippen molar-refractivity contribution >= 4 is 32.2 Å². The minimum Gasteiger partial charge on any atom is -0.227 e. The van der Waals surface area contributed by atoms with Gasteiger partial charge < -0.3 is 0 Å². The molecule has 0 amide bonds. The first-order chi connectivity index (χ1) is 8.25. The van der Waals surface area contributed by atoms with Crippen molar-refractivity contribution in [2.45, 2.75) is 4.90 Å². The van der Waals surface area contributed by atoms with Crippen molar-refractivity contribution in [3.63, 3.8) is 0 Å². The van der Waals surface area contributed by atoms with Gasteiger partial charge in [0, 0.05) is 5.39 Å². The lowest BCUT2D eigenvalue weighted by atomic mass is 10.0. The molecule has 3 heteroatoms. The Labute approximate surface area is 100 Å². The van der Waals surface area contributed by atoms with Gasteiger partial charge >= 0.3 is 0 Å². The van der Waals surface area contributed by atoms with Crippen molar-refractivity contribution in [2.24, 2.45) is 0 Å². The zero-order chi connectivity index (χ0) is 11.8. The van der Waals surface area contributed by atoms with Crippen LogP contribution in [0.2, 0.25) is 0 Å². The van der Waals surface area contributed by atoms with Crippen LogP contribution in [0.5, 0.6) is 0 Å². The lowest BCUT2D eigenvalue weighted by Gasteiger charge is -2.03. The second-order valence-corrected chi connectivity index (χ2v) is 4.95. The molecule has 0 saturated carbocycles. The Morgan fingerprint density at radius 2 is 1.35 bits per heavy atom. The Hall–Kier alpha value is -1.87. The molecule has 84 valence electrons. The van der Waals surface area contributed by atoms with Gasteiger partial charge in [-0.3, -0.25) is 0 Å². The largest absolute Gasteiger partial charge is 0.227 e. The number of benzene rings is 3. The quantitative estimate of drug-likeness (QED) is 0.526. The minimum atomic E-state index is -2.55. The molecule has 3 aromatic carbocycles. The second kappa shape index (κ2) is 3.86. The van der Waals surface area contributed by atoms with E-state index in [9.17, 15) is 8.42 Å². The summed E-state index contributed by atoms with van der Waals surface area (Å²) in [6.45, 7) is 0. The van der Waals surface area contributed by atoms with Crippen LogP contribution in [-0.2, 0) is 10.7 Å². The number of hydrogen-bond donors (Lipinski definition) is 1. The van der Waals surface area contributed by atoms with Gasteiger partial charge in [-0.15, -0.1) is 0 Å². The predicted octanol–water partition coefficient (Wildman–Crippen LogP) is 2.96. The Bertz CT molecular complexity index is 780. The first-order valence-electron chi connectivity index (χ1n) is 5.31. The van der Waals surface area contributed by atoms with Gasteiger partial charge in [0.15, 0.2) is 10.7 Å². The fourth-order valence-electron chi connectivity index (χ4n) is 2.11. The van der Waals surface area contributed by atoms with E-state index in [0.717, 1.165) is 21.5 Å². The highest BCUT2D eigenvalue weighted by Crippen LogP contribution is 2.25. The molecule has 0 bridgehead atoms. The molecule has 17 heavy (non-hydrogen) atoms. The molecular weight excluding hydrogens is 232 g/mol. The molecule has 0 aliphatic carbocycles. The standard InChI is InChI=1S/C14H10O2S/c15-17(16)14-7-3-6-12-8-10-4-1-2-5-11(10)9-13(12)14/h1-9,17H. The van der Waals surface area contributed by atoms with Crippen molar-refractivity contribution in [1.82, 2.24) is 0 Å². The van der Waals surface area contributed by atoms with E-state index in [-0.39, 0.29) is 0 Å². The van der Waals surface area contributed by atoms with E-state index >= 15 is 0 Å². The van der Waals surface area contributed by atoms with Crippen LogP contribution >= 0.6 is 0 Å². The normalized spacial score (nSPS) is 11.4. The van der Waals surface area contributed by atoms with Gasteiger partial charge in [0.1, 0.15) is 0 Å². The van der Waals surface area contributed by atoms with E-state index < -0.39 is 10.7 Å². The molecule has 0 unspecified atom stereocenters. The molecule has 0 fully saturated rings. The van der Waals surface area contributed by atoms with Crippen LogP contribution in [0.4, 0.5) is 0 Å². The molecule has 3 aromatic rings. The number of hydrogen-bond acceptors (Lipinski definition) is 2. The number of thiol groups is 1. The molecule has 0 atom stereocenters. The van der Waals surface area contributed by atoms with E-state index in [0.29, 0.717) is 4.90 Å². The summed E-state index contributed by atoms with van der Waals surface area (Å²) in [6, 6.07) is 17.3. The summed E-state index contributed by atoms with van der Waals surface area (Å²) in [7, 11) is -2.55. The summed E-state index contributed by atoms with van der Waals surface area (Å²) in [6.07, 6.45) is 0. The average molecular weight is 242 g/mol. The fourth-order valence-corrected chi connectivity index (χ4v) is 2.71. The fraction of sp³-hybridized carbons (Fsp3) is 0. The summed E-state index contributed by atoms with van der Waals surface area (Å²) in [4.78, 5) is 0.392. The van der Waals surface area contributed by atoms with Crippen LogP contribution in [0.1, 0.15) is 0 Å². The van der Waals surface area contributed by atoms with Crippen molar-refractivity contribution in [1.29, 1.82) is 0 Å². The zero-order valence-corrected chi connectivity index (χ0v) is 9.85. The summed E-state index contributed by atoms with van der Waals surface area (Å²) in [5.41, 5.74) is 0. The SMILES string of the molecule is O=[SH](=O)c1cccc2cc3ccccc3cc12. The first kappa shape index (κ1) is 10.3. The minimum absolute atomic E-state index is 0.392. The highest BCUT2D eigenvalue weighted by molar-refractivity contribution is 7.72.